The van der Waals surface area contributed by atoms with E-state index >= 15 is 0 Å². The molecule has 0 unspecified atom stereocenters. The Morgan fingerprint density at radius 2 is 2.00 bits per heavy atom. The summed E-state index contributed by atoms with van der Waals surface area (Å²) in [6, 6.07) is 10.8. The van der Waals surface area contributed by atoms with Crippen molar-refractivity contribution in [1.29, 1.82) is 0 Å². The number of hydrogen-bond acceptors (Lipinski definition) is 6. The second-order valence-corrected chi connectivity index (χ2v) is 6.89. The normalized spacial score (nSPS) is 11.2. The quantitative estimate of drug-likeness (QED) is 0.309. The molecule has 8 nitrogen and oxygen atoms in total. The summed E-state index contributed by atoms with van der Waals surface area (Å²) in [5.41, 5.74) is 2.29. The minimum absolute atomic E-state index is 0.119. The van der Waals surface area contributed by atoms with Crippen LogP contribution in [0.4, 0.5) is 4.39 Å². The van der Waals surface area contributed by atoms with Gasteiger partial charge in [-0.25, -0.2) is 14.4 Å². The third-order valence-electron chi connectivity index (χ3n) is 4.70. The van der Waals surface area contributed by atoms with E-state index in [9.17, 15) is 9.18 Å². The molecule has 0 fully saturated rings. The molecule has 4 rings (SSSR count). The number of aromatic amines is 1. The Morgan fingerprint density at radius 1 is 1.10 bits per heavy atom. The predicted octanol–water partition coefficient (Wildman–Crippen LogP) is 2.34. The van der Waals surface area contributed by atoms with Crippen molar-refractivity contribution in [2.45, 2.75) is 25.8 Å². The van der Waals surface area contributed by atoms with E-state index in [4.69, 9.17) is 0 Å². The summed E-state index contributed by atoms with van der Waals surface area (Å²) >= 11 is 0. The van der Waals surface area contributed by atoms with Gasteiger partial charge in [-0.05, 0) is 30.7 Å². The fourth-order valence-electron chi connectivity index (χ4n) is 3.13. The summed E-state index contributed by atoms with van der Waals surface area (Å²) in [5.74, 6) is 0.462. The van der Waals surface area contributed by atoms with Gasteiger partial charge in [0.2, 0.25) is 11.6 Å². The third kappa shape index (κ3) is 4.93. The Kier molecular flexibility index (Phi) is 6.19. The Morgan fingerprint density at radius 3 is 2.87 bits per heavy atom. The zero-order valence-electron chi connectivity index (χ0n) is 16.4. The molecule has 0 aliphatic rings. The van der Waals surface area contributed by atoms with E-state index < -0.39 is 5.82 Å². The van der Waals surface area contributed by atoms with Crippen LogP contribution in [0.3, 0.4) is 0 Å². The Balaban J connectivity index is 1.19. The maximum atomic E-state index is 13.6. The number of imidazole rings is 1. The van der Waals surface area contributed by atoms with E-state index in [1.54, 1.807) is 4.68 Å². The van der Waals surface area contributed by atoms with E-state index in [-0.39, 0.29) is 30.1 Å². The van der Waals surface area contributed by atoms with Crippen LogP contribution in [-0.4, -0.2) is 48.6 Å². The number of H-pyrrole nitrogens is 1. The Hall–Kier alpha value is -3.46. The van der Waals surface area contributed by atoms with Gasteiger partial charge in [0.15, 0.2) is 0 Å². The van der Waals surface area contributed by atoms with Crippen LogP contribution in [0.5, 0.6) is 0 Å². The average molecular weight is 407 g/mol. The Labute approximate surface area is 172 Å². The third-order valence-corrected chi connectivity index (χ3v) is 4.70. The lowest BCUT2D eigenvalue weighted by atomic mass is 10.1. The maximum Gasteiger partial charge on any atom is 0.217 e. The molecular weight excluding hydrogens is 385 g/mol. The summed E-state index contributed by atoms with van der Waals surface area (Å²) in [6.07, 6.45) is 4.18. The lowest BCUT2D eigenvalue weighted by Gasteiger charge is -2.03. The van der Waals surface area contributed by atoms with Crippen molar-refractivity contribution in [3.05, 3.63) is 72.1 Å². The molecule has 0 spiro atoms. The molecule has 0 aliphatic heterocycles. The van der Waals surface area contributed by atoms with Crippen molar-refractivity contribution in [3.8, 4) is 0 Å². The largest absolute Gasteiger partial charge is 0.342 e. The number of benzene rings is 1. The van der Waals surface area contributed by atoms with Gasteiger partial charge in [0, 0.05) is 32.1 Å². The number of Topliss-reactive ketones (excluding diaryl/α,β-unsaturated/α-hetero) is 1. The van der Waals surface area contributed by atoms with E-state index in [0.29, 0.717) is 13.1 Å². The first-order chi connectivity index (χ1) is 14.7. The van der Waals surface area contributed by atoms with E-state index in [1.807, 2.05) is 24.3 Å². The summed E-state index contributed by atoms with van der Waals surface area (Å²) in [4.78, 5) is 28.1. The molecule has 2 N–H and O–H groups in total. The summed E-state index contributed by atoms with van der Waals surface area (Å²) in [7, 11) is 0. The highest BCUT2D eigenvalue weighted by Crippen LogP contribution is 2.10. The molecule has 0 aliphatic carbocycles. The highest BCUT2D eigenvalue weighted by molar-refractivity contribution is 5.92. The number of halogens is 1. The minimum Gasteiger partial charge on any atom is -0.342 e. The molecule has 4 aromatic rings. The number of hydrogen-bond donors (Lipinski definition) is 2. The number of aromatic nitrogens is 6. The Bertz CT molecular complexity index is 1100. The molecule has 30 heavy (non-hydrogen) atoms. The number of nitrogens with zero attached hydrogens (tertiary/aromatic N) is 5. The number of rotatable bonds is 10. The molecule has 0 amide bonds. The molecule has 154 valence electrons. The number of ketones is 1. The molecule has 0 saturated heterocycles. The van der Waals surface area contributed by atoms with Gasteiger partial charge < -0.3 is 10.3 Å². The number of carbonyl (C=O) groups excluding carboxylic acids is 1. The van der Waals surface area contributed by atoms with Gasteiger partial charge in [-0.3, -0.25) is 14.5 Å². The highest BCUT2D eigenvalue weighted by Gasteiger charge is 2.13. The van der Waals surface area contributed by atoms with Crippen LogP contribution in [-0.2, 0) is 19.4 Å². The number of nitrogens with one attached hydrogen (secondary N) is 2. The van der Waals surface area contributed by atoms with Crippen LogP contribution in [0.25, 0.3) is 11.0 Å². The fraction of sp³-hybridized carbons (Fsp3) is 0.286. The highest BCUT2D eigenvalue weighted by atomic mass is 19.1. The van der Waals surface area contributed by atoms with Crippen LogP contribution in [0.2, 0.25) is 0 Å². The zero-order valence-corrected chi connectivity index (χ0v) is 16.4. The minimum atomic E-state index is -0.405. The second-order valence-electron chi connectivity index (χ2n) is 6.89. The van der Waals surface area contributed by atoms with Gasteiger partial charge in [-0.2, -0.15) is 0 Å². The number of fused-ring (bicyclic) bond motifs is 1. The first-order valence-corrected chi connectivity index (χ1v) is 9.85. The molecule has 1 aromatic carbocycles. The summed E-state index contributed by atoms with van der Waals surface area (Å²) in [5, 5.41) is 7.55. The standard InChI is InChI=1S/C21H22FN7O/c22-15-4-3-10-24-16(15)7-8-19(30)21-25-14-29(28-21)13-12-23-11-9-20-26-17-5-1-2-6-18(17)27-20/h1-6,10,14,23H,7-9,11-13H2,(H,26,27). The molecule has 0 saturated carbocycles. The summed E-state index contributed by atoms with van der Waals surface area (Å²) in [6.45, 7) is 2.06. The topological polar surface area (TPSA) is 101 Å². The number of pyridine rings is 1. The van der Waals surface area contributed by atoms with Crippen LogP contribution in [0.1, 0.15) is 28.6 Å². The van der Waals surface area contributed by atoms with E-state index in [2.05, 4.69) is 30.4 Å². The predicted molar refractivity (Wildman–Crippen MR) is 110 cm³/mol. The lowest BCUT2D eigenvalue weighted by molar-refractivity contribution is 0.0972. The van der Waals surface area contributed by atoms with Crippen molar-refractivity contribution in [1.82, 2.24) is 35.0 Å². The molecule has 0 atom stereocenters. The van der Waals surface area contributed by atoms with E-state index in [0.717, 1.165) is 29.8 Å². The smallest absolute Gasteiger partial charge is 0.217 e. The van der Waals surface area contributed by atoms with Gasteiger partial charge in [0.1, 0.15) is 18.0 Å². The van der Waals surface area contributed by atoms with Crippen molar-refractivity contribution in [3.63, 3.8) is 0 Å². The van der Waals surface area contributed by atoms with Crippen molar-refractivity contribution in [2.24, 2.45) is 0 Å². The number of carbonyl (C=O) groups is 1. The maximum absolute atomic E-state index is 13.6. The molecular formula is C21H22FN7O. The van der Waals surface area contributed by atoms with Crippen molar-refractivity contribution in [2.75, 3.05) is 13.1 Å². The molecule has 3 heterocycles. The van der Waals surface area contributed by atoms with Crippen LogP contribution < -0.4 is 5.32 Å². The first-order valence-electron chi connectivity index (χ1n) is 9.85. The number of aryl methyl sites for hydroxylation is 1. The molecule has 0 bridgehead atoms. The van der Waals surface area contributed by atoms with E-state index in [1.165, 1.54) is 24.7 Å². The lowest BCUT2D eigenvalue weighted by Crippen LogP contribution is -2.23. The van der Waals surface area contributed by atoms with Crippen LogP contribution >= 0.6 is 0 Å². The van der Waals surface area contributed by atoms with Gasteiger partial charge >= 0.3 is 0 Å². The van der Waals surface area contributed by atoms with Crippen molar-refractivity contribution >= 4 is 16.8 Å². The van der Waals surface area contributed by atoms with Gasteiger partial charge in [0.25, 0.3) is 0 Å². The molecule has 3 aromatic heterocycles. The average Bonchev–Trinajstić information content (AvgIpc) is 3.39. The zero-order chi connectivity index (χ0) is 20.8. The second kappa shape index (κ2) is 9.36. The molecule has 9 heteroatoms. The fourth-order valence-corrected chi connectivity index (χ4v) is 3.13. The first kappa shape index (κ1) is 19.8. The van der Waals surface area contributed by atoms with Crippen LogP contribution in [0.15, 0.2) is 48.9 Å². The van der Waals surface area contributed by atoms with Gasteiger partial charge in [-0.15, -0.1) is 5.10 Å². The van der Waals surface area contributed by atoms with Gasteiger partial charge in [-0.1, -0.05) is 12.1 Å². The number of para-hydroxylation sites is 2. The van der Waals surface area contributed by atoms with Gasteiger partial charge in [0.05, 0.1) is 23.3 Å². The van der Waals surface area contributed by atoms with Crippen molar-refractivity contribution < 1.29 is 9.18 Å². The summed E-state index contributed by atoms with van der Waals surface area (Å²) < 4.78 is 15.2. The monoisotopic (exact) mass is 407 g/mol. The van der Waals surface area contributed by atoms with Crippen LogP contribution in [0, 0.1) is 5.82 Å². The SMILES string of the molecule is O=C(CCc1ncccc1F)c1ncn(CCNCCc2nc3ccccc3[nH]2)n1. The molecule has 0 radical (unpaired) electrons.